The topological polar surface area (TPSA) is 46.2 Å². The molecule has 0 heterocycles. The minimum atomic E-state index is 0.328. The zero-order valence-electron chi connectivity index (χ0n) is 8.44. The van der Waals surface area contributed by atoms with E-state index in [1.54, 1.807) is 12.1 Å². The van der Waals surface area contributed by atoms with Gasteiger partial charge in [-0.15, -0.1) is 0 Å². The highest BCUT2D eigenvalue weighted by Gasteiger charge is 1.99. The van der Waals surface area contributed by atoms with Crippen LogP contribution in [0.5, 0.6) is 5.75 Å². The highest BCUT2D eigenvalue weighted by atomic mass is 32.2. The summed E-state index contributed by atoms with van der Waals surface area (Å²) in [6, 6.07) is 7.36. The third-order valence-corrected chi connectivity index (χ3v) is 3.35. The molecule has 0 saturated carbocycles. The molecule has 0 bridgehead atoms. The van der Waals surface area contributed by atoms with Crippen LogP contribution in [0.1, 0.15) is 12.5 Å². The fourth-order valence-corrected chi connectivity index (χ4v) is 2.12. The summed E-state index contributed by atoms with van der Waals surface area (Å²) in [4.78, 5) is 0. The van der Waals surface area contributed by atoms with Crippen LogP contribution in [0.25, 0.3) is 0 Å². The Balaban J connectivity index is 2.28. The fraction of sp³-hybridized carbons (Fsp3) is 0.455. The van der Waals surface area contributed by atoms with Crippen molar-refractivity contribution in [2.45, 2.75) is 12.7 Å². The SMILES string of the molecule is CC(CN)CSCc1ccc(O)cc1. The molecule has 0 fully saturated rings. The first-order valence-corrected chi connectivity index (χ1v) is 5.93. The Bertz CT molecular complexity index is 260. The standard InChI is InChI=1S/C11H17NOS/c1-9(6-12)7-14-8-10-2-4-11(13)5-3-10/h2-5,9,13H,6-8,12H2,1H3. The van der Waals surface area contributed by atoms with Crippen LogP contribution >= 0.6 is 11.8 Å². The van der Waals surface area contributed by atoms with Crippen molar-refractivity contribution in [2.24, 2.45) is 11.7 Å². The van der Waals surface area contributed by atoms with Crippen molar-refractivity contribution in [1.29, 1.82) is 0 Å². The molecule has 1 unspecified atom stereocenters. The average Bonchev–Trinajstić information content (AvgIpc) is 2.21. The lowest BCUT2D eigenvalue weighted by Crippen LogP contribution is -2.12. The van der Waals surface area contributed by atoms with Crippen LogP contribution in [0.4, 0.5) is 0 Å². The molecule has 0 aliphatic heterocycles. The Morgan fingerprint density at radius 1 is 1.36 bits per heavy atom. The highest BCUT2D eigenvalue weighted by Crippen LogP contribution is 2.17. The molecule has 0 aliphatic carbocycles. The first-order valence-electron chi connectivity index (χ1n) is 4.78. The maximum absolute atomic E-state index is 9.09. The van der Waals surface area contributed by atoms with Crippen LogP contribution < -0.4 is 5.73 Å². The van der Waals surface area contributed by atoms with Crippen molar-refractivity contribution in [3.63, 3.8) is 0 Å². The monoisotopic (exact) mass is 211 g/mol. The number of phenols is 1. The van der Waals surface area contributed by atoms with Gasteiger partial charge in [-0.1, -0.05) is 19.1 Å². The lowest BCUT2D eigenvalue weighted by atomic mass is 10.2. The number of rotatable bonds is 5. The first-order chi connectivity index (χ1) is 6.72. The van der Waals surface area contributed by atoms with Gasteiger partial charge in [0.15, 0.2) is 0 Å². The second-order valence-corrected chi connectivity index (χ2v) is 4.55. The number of phenolic OH excluding ortho intramolecular Hbond substituents is 1. The minimum Gasteiger partial charge on any atom is -0.508 e. The van der Waals surface area contributed by atoms with Crippen LogP contribution in [0.2, 0.25) is 0 Å². The summed E-state index contributed by atoms with van der Waals surface area (Å²) in [5.41, 5.74) is 6.77. The minimum absolute atomic E-state index is 0.328. The summed E-state index contributed by atoms with van der Waals surface area (Å²) in [6.45, 7) is 2.91. The van der Waals surface area contributed by atoms with E-state index in [4.69, 9.17) is 10.8 Å². The summed E-state index contributed by atoms with van der Waals surface area (Å²) >= 11 is 1.88. The third-order valence-electron chi connectivity index (χ3n) is 2.01. The van der Waals surface area contributed by atoms with Crippen LogP contribution in [0, 0.1) is 5.92 Å². The summed E-state index contributed by atoms with van der Waals surface area (Å²) in [7, 11) is 0. The molecule has 0 saturated heterocycles. The zero-order valence-corrected chi connectivity index (χ0v) is 9.26. The molecule has 0 amide bonds. The van der Waals surface area contributed by atoms with Crippen molar-refractivity contribution in [3.05, 3.63) is 29.8 Å². The van der Waals surface area contributed by atoms with Crippen LogP contribution in [0.15, 0.2) is 24.3 Å². The second kappa shape index (κ2) is 5.94. The second-order valence-electron chi connectivity index (χ2n) is 3.52. The van der Waals surface area contributed by atoms with Crippen molar-refractivity contribution >= 4 is 11.8 Å². The third kappa shape index (κ3) is 4.03. The van der Waals surface area contributed by atoms with Gasteiger partial charge in [-0.25, -0.2) is 0 Å². The molecule has 2 nitrogen and oxygen atoms in total. The zero-order chi connectivity index (χ0) is 10.4. The van der Waals surface area contributed by atoms with Gasteiger partial charge in [-0.3, -0.25) is 0 Å². The van der Waals surface area contributed by atoms with Crippen molar-refractivity contribution in [2.75, 3.05) is 12.3 Å². The number of hydrogen-bond acceptors (Lipinski definition) is 3. The van der Waals surface area contributed by atoms with Gasteiger partial charge in [0, 0.05) is 5.75 Å². The molecule has 0 aliphatic rings. The Hall–Kier alpha value is -0.670. The van der Waals surface area contributed by atoms with Gasteiger partial charge >= 0.3 is 0 Å². The predicted molar refractivity (Wildman–Crippen MR) is 62.5 cm³/mol. The normalized spacial score (nSPS) is 12.7. The summed E-state index contributed by atoms with van der Waals surface area (Å²) in [5.74, 6) is 2.99. The number of nitrogens with two attached hydrogens (primary N) is 1. The van der Waals surface area contributed by atoms with Crippen LogP contribution in [-0.4, -0.2) is 17.4 Å². The van der Waals surface area contributed by atoms with E-state index in [1.165, 1.54) is 5.56 Å². The van der Waals surface area contributed by atoms with Crippen molar-refractivity contribution in [1.82, 2.24) is 0 Å². The Morgan fingerprint density at radius 2 is 2.00 bits per heavy atom. The van der Waals surface area contributed by atoms with Gasteiger partial charge in [-0.05, 0) is 35.9 Å². The van der Waals surface area contributed by atoms with E-state index in [1.807, 2.05) is 23.9 Å². The van der Waals surface area contributed by atoms with Gasteiger partial charge in [0.2, 0.25) is 0 Å². The molecule has 0 radical (unpaired) electrons. The number of thioether (sulfide) groups is 1. The Morgan fingerprint density at radius 3 is 2.57 bits per heavy atom. The molecule has 1 rings (SSSR count). The molecule has 0 spiro atoms. The van der Waals surface area contributed by atoms with Crippen molar-refractivity contribution in [3.8, 4) is 5.75 Å². The maximum atomic E-state index is 9.09. The van der Waals surface area contributed by atoms with E-state index in [9.17, 15) is 0 Å². The molecular formula is C11H17NOS. The number of hydrogen-bond donors (Lipinski definition) is 2. The summed E-state index contributed by atoms with van der Waals surface area (Å²) in [6.07, 6.45) is 0. The van der Waals surface area contributed by atoms with Crippen LogP contribution in [-0.2, 0) is 5.75 Å². The van der Waals surface area contributed by atoms with E-state index in [2.05, 4.69) is 6.92 Å². The van der Waals surface area contributed by atoms with E-state index in [-0.39, 0.29) is 0 Å². The summed E-state index contributed by atoms with van der Waals surface area (Å²) in [5, 5.41) is 9.09. The molecule has 3 heteroatoms. The van der Waals surface area contributed by atoms with E-state index in [0.29, 0.717) is 11.7 Å². The molecule has 1 atom stereocenters. The molecule has 14 heavy (non-hydrogen) atoms. The van der Waals surface area contributed by atoms with E-state index in [0.717, 1.165) is 18.1 Å². The Labute approximate surface area is 89.5 Å². The lowest BCUT2D eigenvalue weighted by Gasteiger charge is -2.07. The van der Waals surface area contributed by atoms with Crippen molar-refractivity contribution < 1.29 is 5.11 Å². The average molecular weight is 211 g/mol. The molecule has 78 valence electrons. The Kier molecular flexibility index (Phi) is 4.84. The molecule has 3 N–H and O–H groups in total. The van der Waals surface area contributed by atoms with Gasteiger partial charge in [0.1, 0.15) is 5.75 Å². The van der Waals surface area contributed by atoms with Gasteiger partial charge in [-0.2, -0.15) is 11.8 Å². The van der Waals surface area contributed by atoms with Gasteiger partial charge < -0.3 is 10.8 Å². The molecular weight excluding hydrogens is 194 g/mol. The number of aromatic hydroxyl groups is 1. The molecule has 1 aromatic carbocycles. The van der Waals surface area contributed by atoms with Crippen LogP contribution in [0.3, 0.4) is 0 Å². The van der Waals surface area contributed by atoms with Gasteiger partial charge in [0.25, 0.3) is 0 Å². The molecule has 0 aromatic heterocycles. The number of benzene rings is 1. The van der Waals surface area contributed by atoms with E-state index >= 15 is 0 Å². The predicted octanol–water partition coefficient (Wildman–Crippen LogP) is 2.22. The van der Waals surface area contributed by atoms with E-state index < -0.39 is 0 Å². The molecule has 1 aromatic rings. The fourth-order valence-electron chi connectivity index (χ4n) is 1.04. The smallest absolute Gasteiger partial charge is 0.115 e. The highest BCUT2D eigenvalue weighted by molar-refractivity contribution is 7.98. The summed E-state index contributed by atoms with van der Waals surface area (Å²) < 4.78 is 0. The lowest BCUT2D eigenvalue weighted by molar-refractivity contribution is 0.475. The largest absolute Gasteiger partial charge is 0.508 e. The quantitative estimate of drug-likeness (QED) is 0.785. The first kappa shape index (κ1) is 11.4. The maximum Gasteiger partial charge on any atom is 0.115 e. The van der Waals surface area contributed by atoms with Gasteiger partial charge in [0.05, 0.1) is 0 Å².